The number of aliphatic hydroxyl groups is 1. The monoisotopic (exact) mass is 279 g/mol. The quantitative estimate of drug-likeness (QED) is 0.791. The number of hydrogen-bond donors (Lipinski definition) is 1. The Balaban J connectivity index is 2.26. The van der Waals surface area contributed by atoms with Crippen LogP contribution in [-0.2, 0) is 4.74 Å². The first-order valence-electron chi connectivity index (χ1n) is 6.97. The van der Waals surface area contributed by atoms with E-state index in [1.54, 1.807) is 0 Å². The minimum Gasteiger partial charge on any atom is -0.463 e. The Labute approximate surface area is 118 Å². The lowest BCUT2D eigenvalue weighted by atomic mass is 9.91. The Bertz CT molecular complexity index is 475. The molecule has 1 saturated carbocycles. The molecule has 0 amide bonds. The number of carbonyl (C=O) groups excluding carboxylic acids is 1. The number of anilines is 1. The molecule has 0 bridgehead atoms. The molecule has 6 nitrogen and oxygen atoms in total. The normalized spacial score (nSPS) is 14.8. The van der Waals surface area contributed by atoms with Gasteiger partial charge in [0.25, 0.3) is 0 Å². The van der Waals surface area contributed by atoms with Gasteiger partial charge in [-0.15, -0.1) is 0 Å². The van der Waals surface area contributed by atoms with Crippen LogP contribution < -0.4 is 4.90 Å². The summed E-state index contributed by atoms with van der Waals surface area (Å²) >= 11 is 0. The minimum atomic E-state index is -0.523. The second-order valence-electron chi connectivity index (χ2n) is 5.04. The third-order valence-electron chi connectivity index (χ3n) is 3.58. The highest BCUT2D eigenvalue weighted by Crippen LogP contribution is 2.29. The molecule has 1 aliphatic carbocycles. The van der Waals surface area contributed by atoms with Crippen molar-refractivity contribution in [1.29, 1.82) is 0 Å². The van der Waals surface area contributed by atoms with Gasteiger partial charge in [0.15, 0.2) is 0 Å². The molecule has 2 rings (SSSR count). The minimum absolute atomic E-state index is 0.0934. The van der Waals surface area contributed by atoms with Gasteiger partial charge in [-0.3, -0.25) is 0 Å². The molecule has 20 heavy (non-hydrogen) atoms. The van der Waals surface area contributed by atoms with Gasteiger partial charge >= 0.3 is 5.97 Å². The number of hydrogen-bond acceptors (Lipinski definition) is 6. The molecule has 1 aromatic rings. The van der Waals surface area contributed by atoms with Crippen LogP contribution in [0.2, 0.25) is 0 Å². The Morgan fingerprint density at radius 3 is 2.80 bits per heavy atom. The number of esters is 1. The van der Waals surface area contributed by atoms with E-state index in [4.69, 9.17) is 5.11 Å². The van der Waals surface area contributed by atoms with Crippen molar-refractivity contribution in [2.45, 2.75) is 38.6 Å². The molecule has 0 radical (unpaired) electrons. The number of carbonyl (C=O) groups is 1. The molecule has 0 aliphatic heterocycles. The first kappa shape index (κ1) is 14.7. The fourth-order valence-electron chi connectivity index (χ4n) is 2.31. The SMILES string of the molecule is COC(=O)c1nc(C)cc(N(CCCO)C2CCC2)n1. The van der Waals surface area contributed by atoms with Crippen LogP contribution in [-0.4, -0.2) is 47.3 Å². The Morgan fingerprint density at radius 2 is 2.25 bits per heavy atom. The fraction of sp³-hybridized carbons (Fsp3) is 0.643. The van der Waals surface area contributed by atoms with Crippen LogP contribution in [0.4, 0.5) is 5.82 Å². The van der Waals surface area contributed by atoms with Gasteiger partial charge < -0.3 is 14.7 Å². The zero-order chi connectivity index (χ0) is 14.5. The van der Waals surface area contributed by atoms with Crippen molar-refractivity contribution in [3.8, 4) is 0 Å². The van der Waals surface area contributed by atoms with E-state index in [0.29, 0.717) is 12.5 Å². The number of nitrogens with zero attached hydrogens (tertiary/aromatic N) is 3. The molecule has 1 heterocycles. The molecule has 0 unspecified atom stereocenters. The first-order valence-corrected chi connectivity index (χ1v) is 6.97. The molecule has 6 heteroatoms. The number of aromatic nitrogens is 2. The zero-order valence-corrected chi connectivity index (χ0v) is 12.0. The van der Waals surface area contributed by atoms with E-state index in [2.05, 4.69) is 19.6 Å². The topological polar surface area (TPSA) is 75.5 Å². The highest BCUT2D eigenvalue weighted by molar-refractivity contribution is 5.85. The van der Waals surface area contributed by atoms with E-state index in [1.807, 2.05) is 13.0 Å². The lowest BCUT2D eigenvalue weighted by molar-refractivity contribution is 0.0586. The van der Waals surface area contributed by atoms with Crippen molar-refractivity contribution in [3.63, 3.8) is 0 Å². The van der Waals surface area contributed by atoms with Crippen molar-refractivity contribution in [3.05, 3.63) is 17.6 Å². The summed E-state index contributed by atoms with van der Waals surface area (Å²) in [6.45, 7) is 2.72. The van der Waals surface area contributed by atoms with Gasteiger partial charge in [0.05, 0.1) is 7.11 Å². The van der Waals surface area contributed by atoms with E-state index in [9.17, 15) is 4.79 Å². The highest BCUT2D eigenvalue weighted by atomic mass is 16.5. The van der Waals surface area contributed by atoms with Crippen LogP contribution in [0.3, 0.4) is 0 Å². The lowest BCUT2D eigenvalue weighted by Gasteiger charge is -2.38. The Hall–Kier alpha value is -1.69. The van der Waals surface area contributed by atoms with Crippen molar-refractivity contribution < 1.29 is 14.6 Å². The maximum atomic E-state index is 11.6. The molecule has 0 atom stereocenters. The average molecular weight is 279 g/mol. The lowest BCUT2D eigenvalue weighted by Crippen LogP contribution is -2.42. The summed E-state index contributed by atoms with van der Waals surface area (Å²) in [6.07, 6.45) is 4.16. The van der Waals surface area contributed by atoms with Gasteiger partial charge in [-0.25, -0.2) is 14.8 Å². The van der Waals surface area contributed by atoms with Gasteiger partial charge in [-0.1, -0.05) is 0 Å². The predicted molar refractivity (Wildman–Crippen MR) is 74.8 cm³/mol. The third kappa shape index (κ3) is 3.25. The van der Waals surface area contributed by atoms with Crippen molar-refractivity contribution in [2.24, 2.45) is 0 Å². The number of ether oxygens (including phenoxy) is 1. The summed E-state index contributed by atoms with van der Waals surface area (Å²) in [7, 11) is 1.32. The van der Waals surface area contributed by atoms with E-state index < -0.39 is 5.97 Å². The third-order valence-corrected chi connectivity index (χ3v) is 3.58. The fourth-order valence-corrected chi connectivity index (χ4v) is 2.31. The molecule has 0 saturated heterocycles. The number of rotatable bonds is 6. The molecule has 1 aliphatic rings. The maximum absolute atomic E-state index is 11.6. The molecule has 1 aromatic heterocycles. The van der Waals surface area contributed by atoms with Crippen LogP contribution in [0.5, 0.6) is 0 Å². The van der Waals surface area contributed by atoms with Crippen molar-refractivity contribution in [1.82, 2.24) is 9.97 Å². The maximum Gasteiger partial charge on any atom is 0.376 e. The summed E-state index contributed by atoms with van der Waals surface area (Å²) in [5, 5.41) is 9.04. The van der Waals surface area contributed by atoms with Gasteiger partial charge in [-0.2, -0.15) is 0 Å². The van der Waals surface area contributed by atoms with Crippen LogP contribution >= 0.6 is 0 Å². The van der Waals surface area contributed by atoms with Crippen molar-refractivity contribution >= 4 is 11.8 Å². The molecule has 0 spiro atoms. The zero-order valence-electron chi connectivity index (χ0n) is 12.0. The van der Waals surface area contributed by atoms with E-state index in [0.717, 1.165) is 30.9 Å². The summed E-state index contributed by atoms with van der Waals surface area (Å²) in [5.41, 5.74) is 0.740. The molecule has 110 valence electrons. The average Bonchev–Trinajstić information content (AvgIpc) is 2.39. The molecule has 0 aromatic carbocycles. The summed E-state index contributed by atoms with van der Waals surface area (Å²) in [4.78, 5) is 22.2. The Morgan fingerprint density at radius 1 is 1.50 bits per heavy atom. The second-order valence-corrected chi connectivity index (χ2v) is 5.04. The number of aryl methyl sites for hydroxylation is 1. The van der Waals surface area contributed by atoms with Gasteiger partial charge in [0, 0.05) is 31.0 Å². The molecule has 1 N–H and O–H groups in total. The highest BCUT2D eigenvalue weighted by Gasteiger charge is 2.26. The van der Waals surface area contributed by atoms with Crippen LogP contribution in [0.1, 0.15) is 42.0 Å². The largest absolute Gasteiger partial charge is 0.463 e. The van der Waals surface area contributed by atoms with Gasteiger partial charge in [0.2, 0.25) is 5.82 Å². The second kappa shape index (κ2) is 6.65. The molecule has 1 fully saturated rings. The van der Waals surface area contributed by atoms with Crippen LogP contribution in [0.25, 0.3) is 0 Å². The van der Waals surface area contributed by atoms with E-state index in [1.165, 1.54) is 13.5 Å². The van der Waals surface area contributed by atoms with Gasteiger partial charge in [-0.05, 0) is 32.6 Å². The van der Waals surface area contributed by atoms with E-state index >= 15 is 0 Å². The summed E-state index contributed by atoms with van der Waals surface area (Å²) in [5.74, 6) is 0.317. The van der Waals surface area contributed by atoms with Crippen molar-refractivity contribution in [2.75, 3.05) is 25.2 Å². The number of methoxy groups -OCH3 is 1. The standard InChI is InChI=1S/C14H21N3O3/c1-10-9-12(16-13(15-10)14(19)20-2)17(7-4-8-18)11-5-3-6-11/h9,11,18H,3-8H2,1-2H3. The van der Waals surface area contributed by atoms with E-state index in [-0.39, 0.29) is 12.4 Å². The molecular formula is C14H21N3O3. The van der Waals surface area contributed by atoms with Gasteiger partial charge in [0.1, 0.15) is 5.82 Å². The smallest absolute Gasteiger partial charge is 0.376 e. The van der Waals surface area contributed by atoms with Crippen LogP contribution in [0, 0.1) is 6.92 Å². The first-order chi connectivity index (χ1) is 9.65. The number of aliphatic hydroxyl groups excluding tert-OH is 1. The molecular weight excluding hydrogens is 258 g/mol. The predicted octanol–water partition coefficient (Wildman–Crippen LogP) is 1.31. The van der Waals surface area contributed by atoms with Crippen LogP contribution in [0.15, 0.2) is 6.07 Å². The summed E-state index contributed by atoms with van der Waals surface area (Å²) < 4.78 is 4.69. The Kier molecular flexibility index (Phi) is 4.89. The summed E-state index contributed by atoms with van der Waals surface area (Å²) in [6, 6.07) is 2.32.